The summed E-state index contributed by atoms with van der Waals surface area (Å²) in [6.45, 7) is 8.64. The van der Waals surface area contributed by atoms with Crippen molar-refractivity contribution >= 4 is 17.6 Å². The molecule has 1 aromatic rings. The molecule has 0 fully saturated rings. The van der Waals surface area contributed by atoms with Gasteiger partial charge in [-0.2, -0.15) is 11.8 Å². The quantitative estimate of drug-likeness (QED) is 0.827. The second-order valence-electron chi connectivity index (χ2n) is 4.19. The fourth-order valence-corrected chi connectivity index (χ4v) is 2.03. The van der Waals surface area contributed by atoms with Gasteiger partial charge >= 0.3 is 0 Å². The molecule has 1 aromatic heterocycles. The van der Waals surface area contributed by atoms with Gasteiger partial charge in [-0.15, -0.1) is 0 Å². The van der Waals surface area contributed by atoms with E-state index in [1.54, 1.807) is 6.33 Å². The molecule has 0 saturated heterocycles. The number of thioether (sulfide) groups is 1. The molecule has 0 aliphatic heterocycles. The molecule has 1 heterocycles. The van der Waals surface area contributed by atoms with Gasteiger partial charge in [0.25, 0.3) is 0 Å². The average molecular weight is 239 g/mol. The third kappa shape index (κ3) is 4.39. The van der Waals surface area contributed by atoms with E-state index in [-0.39, 0.29) is 0 Å². The van der Waals surface area contributed by atoms with E-state index in [1.807, 2.05) is 17.8 Å². The van der Waals surface area contributed by atoms with Crippen LogP contribution in [0.15, 0.2) is 12.4 Å². The monoisotopic (exact) mass is 239 g/mol. The Morgan fingerprint density at radius 3 is 2.69 bits per heavy atom. The molecule has 0 saturated carbocycles. The van der Waals surface area contributed by atoms with Crippen molar-refractivity contribution in [3.05, 3.63) is 18.1 Å². The molecular weight excluding hydrogens is 218 g/mol. The van der Waals surface area contributed by atoms with Crippen molar-refractivity contribution in [2.24, 2.45) is 0 Å². The van der Waals surface area contributed by atoms with Crippen LogP contribution in [0.25, 0.3) is 0 Å². The molecule has 0 bridgehead atoms. The number of hydrogen-bond acceptors (Lipinski definition) is 4. The van der Waals surface area contributed by atoms with E-state index in [1.165, 1.54) is 0 Å². The summed E-state index contributed by atoms with van der Waals surface area (Å²) in [5, 5.41) is 3.40. The smallest absolute Gasteiger partial charge is 0.129 e. The van der Waals surface area contributed by atoms with Crippen molar-refractivity contribution in [1.82, 2.24) is 9.97 Å². The maximum Gasteiger partial charge on any atom is 0.129 e. The van der Waals surface area contributed by atoms with Crippen LogP contribution in [-0.4, -0.2) is 27.5 Å². The first-order valence-corrected chi connectivity index (χ1v) is 6.95. The van der Waals surface area contributed by atoms with Crippen LogP contribution in [0.3, 0.4) is 0 Å². The van der Waals surface area contributed by atoms with E-state index in [0.717, 1.165) is 23.0 Å². The fraction of sp³-hybridized carbons (Fsp3) is 0.667. The maximum atomic E-state index is 4.25. The predicted molar refractivity (Wildman–Crippen MR) is 72.2 cm³/mol. The van der Waals surface area contributed by atoms with E-state index in [2.05, 4.69) is 43.0 Å². The van der Waals surface area contributed by atoms with Gasteiger partial charge in [-0.3, -0.25) is 0 Å². The number of rotatable bonds is 6. The van der Waals surface area contributed by atoms with Gasteiger partial charge in [-0.05, 0) is 18.6 Å². The second-order valence-corrected chi connectivity index (χ2v) is 5.51. The van der Waals surface area contributed by atoms with E-state index in [0.29, 0.717) is 12.0 Å². The average Bonchev–Trinajstić information content (AvgIpc) is 2.26. The lowest BCUT2D eigenvalue weighted by atomic mass is 10.1. The summed E-state index contributed by atoms with van der Waals surface area (Å²) in [6.07, 6.45) is 1.64. The van der Waals surface area contributed by atoms with Crippen LogP contribution in [0.4, 0.5) is 5.82 Å². The van der Waals surface area contributed by atoms with Gasteiger partial charge < -0.3 is 5.32 Å². The van der Waals surface area contributed by atoms with Gasteiger partial charge in [0.05, 0.1) is 0 Å². The molecule has 1 rings (SSSR count). The summed E-state index contributed by atoms with van der Waals surface area (Å²) < 4.78 is 0. The van der Waals surface area contributed by atoms with Crippen molar-refractivity contribution in [1.29, 1.82) is 0 Å². The van der Waals surface area contributed by atoms with Crippen LogP contribution in [0.1, 0.15) is 39.3 Å². The zero-order valence-corrected chi connectivity index (χ0v) is 11.3. The molecule has 1 unspecified atom stereocenters. The normalized spacial score (nSPS) is 12.8. The highest BCUT2D eigenvalue weighted by Gasteiger charge is 2.05. The molecule has 1 atom stereocenters. The van der Waals surface area contributed by atoms with Crippen LogP contribution in [0, 0.1) is 0 Å². The Morgan fingerprint density at radius 2 is 2.06 bits per heavy atom. The summed E-state index contributed by atoms with van der Waals surface area (Å²) in [5.41, 5.74) is 1.09. The highest BCUT2D eigenvalue weighted by atomic mass is 32.2. The maximum absolute atomic E-state index is 4.25. The third-order valence-electron chi connectivity index (χ3n) is 2.25. The lowest BCUT2D eigenvalue weighted by Gasteiger charge is -2.14. The molecule has 3 nitrogen and oxygen atoms in total. The van der Waals surface area contributed by atoms with Gasteiger partial charge in [0.1, 0.15) is 12.1 Å². The zero-order chi connectivity index (χ0) is 12.0. The number of nitrogens with zero attached hydrogens (tertiary/aromatic N) is 2. The van der Waals surface area contributed by atoms with E-state index in [9.17, 15) is 0 Å². The van der Waals surface area contributed by atoms with Crippen LogP contribution in [0.2, 0.25) is 0 Å². The van der Waals surface area contributed by atoms with Crippen LogP contribution in [0.5, 0.6) is 0 Å². The first kappa shape index (κ1) is 13.3. The fourth-order valence-electron chi connectivity index (χ4n) is 1.36. The van der Waals surface area contributed by atoms with E-state index < -0.39 is 0 Å². The summed E-state index contributed by atoms with van der Waals surface area (Å²) in [4.78, 5) is 8.49. The summed E-state index contributed by atoms with van der Waals surface area (Å²) in [7, 11) is 0. The Hall–Kier alpha value is -0.770. The Bertz CT molecular complexity index is 315. The Morgan fingerprint density at radius 1 is 1.31 bits per heavy atom. The number of hydrogen-bond donors (Lipinski definition) is 1. The van der Waals surface area contributed by atoms with Gasteiger partial charge in [-0.1, -0.05) is 20.8 Å². The third-order valence-corrected chi connectivity index (χ3v) is 3.39. The summed E-state index contributed by atoms with van der Waals surface area (Å²) in [5.74, 6) is 3.65. The highest BCUT2D eigenvalue weighted by Crippen LogP contribution is 2.15. The van der Waals surface area contributed by atoms with Crippen LogP contribution < -0.4 is 5.32 Å². The van der Waals surface area contributed by atoms with Crippen LogP contribution >= 0.6 is 11.8 Å². The predicted octanol–water partition coefficient (Wildman–Crippen LogP) is 3.15. The summed E-state index contributed by atoms with van der Waals surface area (Å²) >= 11 is 1.94. The van der Waals surface area contributed by atoms with Gasteiger partial charge in [0, 0.05) is 23.6 Å². The van der Waals surface area contributed by atoms with Gasteiger partial charge in [0.2, 0.25) is 0 Å². The van der Waals surface area contributed by atoms with Crippen molar-refractivity contribution in [2.45, 2.75) is 39.7 Å². The number of aromatic nitrogens is 2. The van der Waals surface area contributed by atoms with Gasteiger partial charge in [-0.25, -0.2) is 9.97 Å². The van der Waals surface area contributed by atoms with E-state index >= 15 is 0 Å². The summed E-state index contributed by atoms with van der Waals surface area (Å²) in [6, 6.07) is 2.48. The topological polar surface area (TPSA) is 37.8 Å². The largest absolute Gasteiger partial charge is 0.367 e. The molecule has 16 heavy (non-hydrogen) atoms. The molecule has 0 amide bonds. The first-order valence-electron chi connectivity index (χ1n) is 5.79. The second kappa shape index (κ2) is 6.74. The molecule has 0 aliphatic carbocycles. The Kier molecular flexibility index (Phi) is 5.60. The van der Waals surface area contributed by atoms with Gasteiger partial charge in [0.15, 0.2) is 0 Å². The Labute approximate surface area is 102 Å². The zero-order valence-electron chi connectivity index (χ0n) is 10.5. The minimum absolute atomic E-state index is 0.444. The van der Waals surface area contributed by atoms with E-state index in [4.69, 9.17) is 0 Å². The standard InChI is InChI=1S/C12H21N3S/c1-5-16-7-10(4)15-12-6-11(9(2)3)13-8-14-12/h6,8-10H,5,7H2,1-4H3,(H,13,14,15). The van der Waals surface area contributed by atoms with Crippen LogP contribution in [-0.2, 0) is 0 Å². The molecule has 0 spiro atoms. The molecule has 4 heteroatoms. The Balaban J connectivity index is 2.56. The molecular formula is C12H21N3S. The minimum atomic E-state index is 0.444. The molecule has 0 aliphatic rings. The SMILES string of the molecule is CCSCC(C)Nc1cc(C(C)C)ncn1. The molecule has 1 N–H and O–H groups in total. The van der Waals surface area contributed by atoms with Crippen molar-refractivity contribution in [3.63, 3.8) is 0 Å². The molecule has 0 aromatic carbocycles. The number of nitrogens with one attached hydrogen (secondary N) is 1. The number of anilines is 1. The van der Waals surface area contributed by atoms with Crippen molar-refractivity contribution in [3.8, 4) is 0 Å². The molecule has 0 radical (unpaired) electrons. The first-order chi connectivity index (χ1) is 7.63. The lowest BCUT2D eigenvalue weighted by Crippen LogP contribution is -2.19. The lowest BCUT2D eigenvalue weighted by molar-refractivity contribution is 0.809. The highest BCUT2D eigenvalue weighted by molar-refractivity contribution is 7.99. The van der Waals surface area contributed by atoms with Crippen molar-refractivity contribution in [2.75, 3.05) is 16.8 Å². The van der Waals surface area contributed by atoms with Crippen molar-refractivity contribution < 1.29 is 0 Å². The minimum Gasteiger partial charge on any atom is -0.367 e. The molecule has 90 valence electrons.